The Balaban J connectivity index is 2.16. The Hall–Kier alpha value is -2.82. The highest BCUT2D eigenvalue weighted by Crippen LogP contribution is 2.18. The van der Waals surface area contributed by atoms with E-state index in [9.17, 15) is 9.59 Å². The molecule has 138 valence electrons. The molecule has 26 heavy (non-hydrogen) atoms. The maximum absolute atomic E-state index is 12.7. The standard InChI is InChI=1S/C21H25NO4/c1-3-14-26-19-13-9-8-12-17(19)20(23)22-18(21(24)25-4-2)15-16-10-6-5-7-11-16/h5-13,18H,3-4,14-15H2,1-2H3,(H,22,23). The highest BCUT2D eigenvalue weighted by atomic mass is 16.5. The lowest BCUT2D eigenvalue weighted by atomic mass is 10.1. The van der Waals surface area contributed by atoms with E-state index in [2.05, 4.69) is 5.32 Å². The Morgan fingerprint density at radius 3 is 2.38 bits per heavy atom. The first-order valence-electron chi connectivity index (χ1n) is 8.89. The first kappa shape index (κ1) is 19.5. The summed E-state index contributed by atoms with van der Waals surface area (Å²) in [6.07, 6.45) is 1.21. The van der Waals surface area contributed by atoms with Crippen molar-refractivity contribution in [1.29, 1.82) is 0 Å². The number of hydrogen-bond acceptors (Lipinski definition) is 4. The fourth-order valence-electron chi connectivity index (χ4n) is 2.51. The number of carbonyl (C=O) groups excluding carboxylic acids is 2. The molecule has 0 bridgehead atoms. The van der Waals surface area contributed by atoms with Crippen molar-refractivity contribution in [2.24, 2.45) is 0 Å². The molecule has 2 rings (SSSR count). The van der Waals surface area contributed by atoms with Gasteiger partial charge in [0.05, 0.1) is 18.8 Å². The molecule has 2 aromatic carbocycles. The Bertz CT molecular complexity index is 715. The van der Waals surface area contributed by atoms with Gasteiger partial charge < -0.3 is 14.8 Å². The molecule has 1 amide bonds. The van der Waals surface area contributed by atoms with Crippen LogP contribution in [0.5, 0.6) is 5.75 Å². The van der Waals surface area contributed by atoms with Crippen molar-refractivity contribution in [2.45, 2.75) is 32.7 Å². The predicted octanol–water partition coefficient (Wildman–Crippen LogP) is 3.38. The summed E-state index contributed by atoms with van der Waals surface area (Å²) >= 11 is 0. The molecule has 1 N–H and O–H groups in total. The number of amides is 1. The molecule has 0 aliphatic carbocycles. The Labute approximate surface area is 154 Å². The minimum absolute atomic E-state index is 0.260. The summed E-state index contributed by atoms with van der Waals surface area (Å²) in [6.45, 7) is 4.53. The van der Waals surface area contributed by atoms with Gasteiger partial charge in [0.25, 0.3) is 5.91 Å². The van der Waals surface area contributed by atoms with Gasteiger partial charge >= 0.3 is 5.97 Å². The second-order valence-corrected chi connectivity index (χ2v) is 5.81. The molecule has 0 saturated heterocycles. The topological polar surface area (TPSA) is 64.6 Å². The van der Waals surface area contributed by atoms with Gasteiger partial charge in [-0.25, -0.2) is 4.79 Å². The van der Waals surface area contributed by atoms with Gasteiger partial charge in [-0.3, -0.25) is 4.79 Å². The van der Waals surface area contributed by atoms with E-state index >= 15 is 0 Å². The number of ether oxygens (including phenoxy) is 2. The highest BCUT2D eigenvalue weighted by Gasteiger charge is 2.24. The van der Waals surface area contributed by atoms with Gasteiger partial charge in [0.2, 0.25) is 0 Å². The summed E-state index contributed by atoms with van der Waals surface area (Å²) < 4.78 is 10.8. The van der Waals surface area contributed by atoms with Crippen molar-refractivity contribution in [1.82, 2.24) is 5.32 Å². The fraction of sp³-hybridized carbons (Fsp3) is 0.333. The zero-order valence-electron chi connectivity index (χ0n) is 15.2. The Morgan fingerprint density at radius 1 is 1.00 bits per heavy atom. The van der Waals surface area contributed by atoms with Gasteiger partial charge in [-0.05, 0) is 31.0 Å². The lowest BCUT2D eigenvalue weighted by molar-refractivity contribution is -0.145. The monoisotopic (exact) mass is 355 g/mol. The molecule has 0 heterocycles. The van der Waals surface area contributed by atoms with E-state index in [-0.39, 0.29) is 12.5 Å². The van der Waals surface area contributed by atoms with Crippen LogP contribution in [0.3, 0.4) is 0 Å². The van der Waals surface area contributed by atoms with Crippen molar-refractivity contribution in [3.8, 4) is 5.75 Å². The van der Waals surface area contributed by atoms with Crippen LogP contribution in [0.1, 0.15) is 36.2 Å². The number of rotatable bonds is 9. The molecule has 0 spiro atoms. The van der Waals surface area contributed by atoms with Crippen molar-refractivity contribution in [3.05, 3.63) is 65.7 Å². The fourth-order valence-corrected chi connectivity index (χ4v) is 2.51. The van der Waals surface area contributed by atoms with E-state index in [0.717, 1.165) is 12.0 Å². The second-order valence-electron chi connectivity index (χ2n) is 5.81. The van der Waals surface area contributed by atoms with E-state index in [1.807, 2.05) is 43.3 Å². The van der Waals surface area contributed by atoms with Crippen LogP contribution in [0, 0.1) is 0 Å². The smallest absolute Gasteiger partial charge is 0.328 e. The lowest BCUT2D eigenvalue weighted by Gasteiger charge is -2.18. The zero-order chi connectivity index (χ0) is 18.8. The average molecular weight is 355 g/mol. The van der Waals surface area contributed by atoms with Crippen LogP contribution in [-0.4, -0.2) is 31.1 Å². The Kier molecular flexibility index (Phi) is 7.68. The van der Waals surface area contributed by atoms with Crippen molar-refractivity contribution >= 4 is 11.9 Å². The molecule has 2 aromatic rings. The van der Waals surface area contributed by atoms with Crippen molar-refractivity contribution in [3.63, 3.8) is 0 Å². The van der Waals surface area contributed by atoms with E-state index in [4.69, 9.17) is 9.47 Å². The van der Waals surface area contributed by atoms with E-state index < -0.39 is 12.0 Å². The molecule has 0 saturated carbocycles. The summed E-state index contributed by atoms with van der Waals surface area (Å²) in [7, 11) is 0. The molecule has 5 nitrogen and oxygen atoms in total. The second kappa shape index (κ2) is 10.2. The van der Waals surface area contributed by atoms with Gasteiger partial charge in [0.1, 0.15) is 11.8 Å². The normalized spacial score (nSPS) is 11.5. The largest absolute Gasteiger partial charge is 0.493 e. The first-order valence-corrected chi connectivity index (χ1v) is 8.89. The summed E-state index contributed by atoms with van der Waals surface area (Å²) in [5.74, 6) is -0.295. The molecule has 0 aromatic heterocycles. The summed E-state index contributed by atoms with van der Waals surface area (Å²) in [5.41, 5.74) is 1.35. The average Bonchev–Trinajstić information content (AvgIpc) is 2.67. The minimum atomic E-state index is -0.760. The first-order chi connectivity index (χ1) is 12.7. The van der Waals surface area contributed by atoms with Gasteiger partial charge in [0.15, 0.2) is 0 Å². The highest BCUT2D eigenvalue weighted by molar-refractivity contribution is 5.99. The third-order valence-corrected chi connectivity index (χ3v) is 3.75. The van der Waals surface area contributed by atoms with Gasteiger partial charge in [-0.2, -0.15) is 0 Å². The maximum atomic E-state index is 12.7. The minimum Gasteiger partial charge on any atom is -0.493 e. The van der Waals surface area contributed by atoms with Crippen LogP contribution >= 0.6 is 0 Å². The van der Waals surface area contributed by atoms with Crippen molar-refractivity contribution < 1.29 is 19.1 Å². The van der Waals surface area contributed by atoms with E-state index in [0.29, 0.717) is 24.3 Å². The molecule has 1 unspecified atom stereocenters. The van der Waals surface area contributed by atoms with Crippen LogP contribution in [0.25, 0.3) is 0 Å². The number of carbonyl (C=O) groups is 2. The molecule has 0 aliphatic heterocycles. The Morgan fingerprint density at radius 2 is 1.69 bits per heavy atom. The third-order valence-electron chi connectivity index (χ3n) is 3.75. The van der Waals surface area contributed by atoms with Crippen LogP contribution in [0.15, 0.2) is 54.6 Å². The molecule has 0 fully saturated rings. The summed E-state index contributed by atoms with van der Waals surface area (Å²) in [6, 6.07) is 15.8. The molecular formula is C21H25NO4. The van der Waals surface area contributed by atoms with Crippen LogP contribution in [0.2, 0.25) is 0 Å². The number of nitrogens with one attached hydrogen (secondary N) is 1. The van der Waals surface area contributed by atoms with Crippen LogP contribution in [0.4, 0.5) is 0 Å². The molecule has 1 atom stereocenters. The molecular weight excluding hydrogens is 330 g/mol. The number of para-hydroxylation sites is 1. The number of hydrogen-bond donors (Lipinski definition) is 1. The van der Waals surface area contributed by atoms with Gasteiger partial charge in [-0.15, -0.1) is 0 Å². The molecule has 0 aliphatic rings. The lowest BCUT2D eigenvalue weighted by Crippen LogP contribution is -2.43. The van der Waals surface area contributed by atoms with E-state index in [1.54, 1.807) is 25.1 Å². The quantitative estimate of drug-likeness (QED) is 0.701. The molecule has 5 heteroatoms. The van der Waals surface area contributed by atoms with Crippen LogP contribution in [-0.2, 0) is 16.0 Å². The van der Waals surface area contributed by atoms with Crippen LogP contribution < -0.4 is 10.1 Å². The van der Waals surface area contributed by atoms with Crippen molar-refractivity contribution in [2.75, 3.05) is 13.2 Å². The van der Waals surface area contributed by atoms with Gasteiger partial charge in [-0.1, -0.05) is 49.4 Å². The summed E-state index contributed by atoms with van der Waals surface area (Å²) in [4.78, 5) is 25.0. The third kappa shape index (κ3) is 5.62. The molecule has 0 radical (unpaired) electrons. The number of esters is 1. The number of benzene rings is 2. The summed E-state index contributed by atoms with van der Waals surface area (Å²) in [5, 5.41) is 2.79. The SMILES string of the molecule is CCCOc1ccccc1C(=O)NC(Cc1ccccc1)C(=O)OCC. The zero-order valence-corrected chi connectivity index (χ0v) is 15.2. The van der Waals surface area contributed by atoms with E-state index in [1.165, 1.54) is 0 Å². The van der Waals surface area contributed by atoms with Gasteiger partial charge in [0, 0.05) is 6.42 Å². The maximum Gasteiger partial charge on any atom is 0.328 e. The predicted molar refractivity (Wildman–Crippen MR) is 100 cm³/mol.